The first-order valence-electron chi connectivity index (χ1n) is 8.05. The number of halogens is 1. The van der Waals surface area contributed by atoms with E-state index in [2.05, 4.69) is 15.7 Å². The Labute approximate surface area is 160 Å². The average molecular weight is 395 g/mol. The van der Waals surface area contributed by atoms with Gasteiger partial charge in [-0.1, -0.05) is 29.8 Å². The molecule has 3 N–H and O–H groups in total. The van der Waals surface area contributed by atoms with Crippen LogP contribution in [0.25, 0.3) is 0 Å². The van der Waals surface area contributed by atoms with Crippen LogP contribution in [0.1, 0.15) is 28.9 Å². The number of anilines is 1. The summed E-state index contributed by atoms with van der Waals surface area (Å²) in [6.07, 6.45) is 0.148. The first-order valence-corrected chi connectivity index (χ1v) is 8.43. The number of carbonyl (C=O) groups is 3. The van der Waals surface area contributed by atoms with Crippen molar-refractivity contribution in [3.63, 3.8) is 0 Å². The largest absolute Gasteiger partial charge is 0.462 e. The Bertz CT molecular complexity index is 852. The van der Waals surface area contributed by atoms with Crippen LogP contribution in [-0.4, -0.2) is 45.8 Å². The number of aliphatic hydroxyl groups is 1. The van der Waals surface area contributed by atoms with Crippen molar-refractivity contribution in [2.75, 3.05) is 18.5 Å². The maximum absolute atomic E-state index is 12.1. The highest BCUT2D eigenvalue weighted by molar-refractivity contribution is 6.39. The van der Waals surface area contributed by atoms with Crippen molar-refractivity contribution < 1.29 is 24.2 Å². The fourth-order valence-corrected chi connectivity index (χ4v) is 2.49. The molecule has 2 rings (SSSR count). The van der Waals surface area contributed by atoms with Crippen LogP contribution in [0, 0.1) is 0 Å². The number of aromatic nitrogens is 2. The molecule has 0 aliphatic carbocycles. The van der Waals surface area contributed by atoms with E-state index in [9.17, 15) is 19.5 Å². The van der Waals surface area contributed by atoms with Crippen molar-refractivity contribution >= 4 is 35.2 Å². The molecule has 0 saturated carbocycles. The van der Waals surface area contributed by atoms with Crippen LogP contribution in [0.5, 0.6) is 0 Å². The third kappa shape index (κ3) is 5.05. The summed E-state index contributed by atoms with van der Waals surface area (Å²) in [6, 6.07) is 6.62. The molecular formula is C17H19ClN4O5. The molecule has 1 aromatic heterocycles. The first kappa shape index (κ1) is 20.4. The molecule has 144 valence electrons. The van der Waals surface area contributed by atoms with Crippen molar-refractivity contribution in [1.82, 2.24) is 15.1 Å². The number of nitrogens with zero attached hydrogens (tertiary/aromatic N) is 2. The zero-order valence-corrected chi connectivity index (χ0v) is 15.5. The number of esters is 1. The third-order valence-electron chi connectivity index (χ3n) is 3.59. The topological polar surface area (TPSA) is 123 Å². The summed E-state index contributed by atoms with van der Waals surface area (Å²) in [4.78, 5) is 35.9. The van der Waals surface area contributed by atoms with E-state index in [0.29, 0.717) is 10.6 Å². The molecule has 10 heteroatoms. The summed E-state index contributed by atoms with van der Waals surface area (Å²) in [6.45, 7) is 1.58. The molecule has 0 radical (unpaired) electrons. The van der Waals surface area contributed by atoms with E-state index < -0.39 is 23.9 Å². The monoisotopic (exact) mass is 394 g/mol. The Kier molecular flexibility index (Phi) is 6.91. The predicted octanol–water partition coefficient (Wildman–Crippen LogP) is 1.04. The molecule has 0 saturated heterocycles. The van der Waals surface area contributed by atoms with Crippen molar-refractivity contribution in [3.05, 3.63) is 46.6 Å². The fourth-order valence-electron chi connectivity index (χ4n) is 2.23. The van der Waals surface area contributed by atoms with Gasteiger partial charge in [-0.25, -0.2) is 4.79 Å². The van der Waals surface area contributed by atoms with Gasteiger partial charge in [-0.05, 0) is 13.0 Å². The maximum atomic E-state index is 12.1. The Morgan fingerprint density at radius 2 is 2.00 bits per heavy atom. The Morgan fingerprint density at radius 3 is 2.67 bits per heavy atom. The first-order chi connectivity index (χ1) is 12.8. The van der Waals surface area contributed by atoms with E-state index in [4.69, 9.17) is 16.3 Å². The quantitative estimate of drug-likeness (QED) is 0.497. The molecule has 2 aromatic rings. The number of benzene rings is 1. The normalized spacial score (nSPS) is 11.6. The van der Waals surface area contributed by atoms with Gasteiger partial charge in [0, 0.05) is 24.2 Å². The summed E-state index contributed by atoms with van der Waals surface area (Å²) in [5.74, 6) is -2.65. The molecular weight excluding hydrogens is 376 g/mol. The molecule has 9 nitrogen and oxygen atoms in total. The summed E-state index contributed by atoms with van der Waals surface area (Å²) < 4.78 is 6.11. The number of hydrogen-bond acceptors (Lipinski definition) is 6. The standard InChI is InChI=1S/C17H19ClN4O5/c1-3-27-17(26)11-8-20-22(2)14(11)21-16(25)15(24)19-9-13(23)10-6-4-5-7-12(10)18/h4-8,13,23H,3,9H2,1-2H3,(H,19,24)(H,21,25). The van der Waals surface area contributed by atoms with E-state index in [0.717, 1.165) is 0 Å². The van der Waals surface area contributed by atoms with Gasteiger partial charge in [0.2, 0.25) is 0 Å². The number of nitrogens with one attached hydrogen (secondary N) is 2. The molecule has 2 amide bonds. The Balaban J connectivity index is 1.99. The number of aryl methyl sites for hydroxylation is 1. The number of hydrogen-bond donors (Lipinski definition) is 3. The zero-order valence-electron chi connectivity index (χ0n) is 14.7. The number of aliphatic hydroxyl groups excluding tert-OH is 1. The molecule has 0 aliphatic rings. The molecule has 1 unspecified atom stereocenters. The van der Waals surface area contributed by atoms with Gasteiger partial charge in [-0.3, -0.25) is 14.3 Å². The van der Waals surface area contributed by atoms with E-state index in [1.54, 1.807) is 31.2 Å². The lowest BCUT2D eigenvalue weighted by Crippen LogP contribution is -2.38. The molecule has 0 spiro atoms. The van der Waals surface area contributed by atoms with Crippen LogP contribution in [-0.2, 0) is 21.4 Å². The number of rotatable bonds is 6. The third-order valence-corrected chi connectivity index (χ3v) is 3.94. The Morgan fingerprint density at radius 1 is 1.30 bits per heavy atom. The van der Waals surface area contributed by atoms with Crippen LogP contribution in [0.3, 0.4) is 0 Å². The lowest BCUT2D eigenvalue weighted by Gasteiger charge is -2.13. The minimum absolute atomic E-state index is 0.0246. The van der Waals surface area contributed by atoms with Crippen LogP contribution in [0.2, 0.25) is 5.02 Å². The van der Waals surface area contributed by atoms with E-state index >= 15 is 0 Å². The molecule has 27 heavy (non-hydrogen) atoms. The van der Waals surface area contributed by atoms with Gasteiger partial charge >= 0.3 is 17.8 Å². The highest BCUT2D eigenvalue weighted by Gasteiger charge is 2.23. The van der Waals surface area contributed by atoms with Crippen LogP contribution in [0.4, 0.5) is 5.82 Å². The Hall–Kier alpha value is -2.91. The smallest absolute Gasteiger partial charge is 0.343 e. The van der Waals surface area contributed by atoms with Crippen LogP contribution in [0.15, 0.2) is 30.5 Å². The van der Waals surface area contributed by atoms with Gasteiger partial charge in [0.05, 0.1) is 18.9 Å². The van der Waals surface area contributed by atoms with Gasteiger partial charge in [-0.2, -0.15) is 5.10 Å². The SMILES string of the molecule is CCOC(=O)c1cnn(C)c1NC(=O)C(=O)NCC(O)c1ccccc1Cl. The molecule has 0 aliphatic heterocycles. The van der Waals surface area contributed by atoms with Crippen LogP contribution >= 0.6 is 11.6 Å². The second kappa shape index (κ2) is 9.15. The van der Waals surface area contributed by atoms with E-state index in [1.807, 2.05) is 0 Å². The summed E-state index contributed by atoms with van der Waals surface area (Å²) >= 11 is 5.98. The summed E-state index contributed by atoms with van der Waals surface area (Å²) in [5.41, 5.74) is 0.452. The molecule has 1 atom stereocenters. The summed E-state index contributed by atoms with van der Waals surface area (Å²) in [7, 11) is 1.50. The minimum atomic E-state index is -1.08. The van der Waals surface area contributed by atoms with Gasteiger partial charge in [0.15, 0.2) is 0 Å². The fraction of sp³-hybridized carbons (Fsp3) is 0.294. The van der Waals surface area contributed by atoms with Crippen molar-refractivity contribution in [2.45, 2.75) is 13.0 Å². The number of carbonyl (C=O) groups excluding carboxylic acids is 3. The van der Waals surface area contributed by atoms with Crippen LogP contribution < -0.4 is 10.6 Å². The maximum Gasteiger partial charge on any atom is 0.343 e. The van der Waals surface area contributed by atoms with Gasteiger partial charge in [0.1, 0.15) is 11.4 Å². The molecule has 0 bridgehead atoms. The minimum Gasteiger partial charge on any atom is -0.462 e. The number of ether oxygens (including phenoxy) is 1. The highest BCUT2D eigenvalue weighted by Crippen LogP contribution is 2.21. The highest BCUT2D eigenvalue weighted by atomic mass is 35.5. The molecule has 1 aromatic carbocycles. The van der Waals surface area contributed by atoms with E-state index in [1.165, 1.54) is 17.9 Å². The zero-order chi connectivity index (χ0) is 20.0. The summed E-state index contributed by atoms with van der Waals surface area (Å²) in [5, 5.41) is 18.9. The van der Waals surface area contributed by atoms with Gasteiger partial charge < -0.3 is 20.5 Å². The van der Waals surface area contributed by atoms with Crippen molar-refractivity contribution in [2.24, 2.45) is 7.05 Å². The van der Waals surface area contributed by atoms with E-state index in [-0.39, 0.29) is 24.5 Å². The average Bonchev–Trinajstić information content (AvgIpc) is 3.00. The molecule has 1 heterocycles. The number of amides is 2. The lowest BCUT2D eigenvalue weighted by molar-refractivity contribution is -0.136. The van der Waals surface area contributed by atoms with Gasteiger partial charge in [-0.15, -0.1) is 0 Å². The van der Waals surface area contributed by atoms with Crippen molar-refractivity contribution in [1.29, 1.82) is 0 Å². The lowest BCUT2D eigenvalue weighted by atomic mass is 10.1. The second-order valence-electron chi connectivity index (χ2n) is 5.45. The predicted molar refractivity (Wildman–Crippen MR) is 97.2 cm³/mol. The van der Waals surface area contributed by atoms with Gasteiger partial charge in [0.25, 0.3) is 0 Å². The second-order valence-corrected chi connectivity index (χ2v) is 5.86. The van der Waals surface area contributed by atoms with Crippen molar-refractivity contribution in [3.8, 4) is 0 Å². The molecule has 0 fully saturated rings.